The maximum atomic E-state index is 13.4. The van der Waals surface area contributed by atoms with E-state index in [9.17, 15) is 14.7 Å². The number of H-pyrrole nitrogens is 1. The van der Waals surface area contributed by atoms with E-state index in [0.717, 1.165) is 5.56 Å². The number of ketones is 1. The van der Waals surface area contributed by atoms with Crippen LogP contribution in [0.25, 0.3) is 11.0 Å². The average Bonchev–Trinajstić information content (AvgIpc) is 3.17. The predicted molar refractivity (Wildman–Crippen MR) is 119 cm³/mol. The molecule has 0 radical (unpaired) electrons. The van der Waals surface area contributed by atoms with Gasteiger partial charge in [-0.05, 0) is 17.9 Å². The zero-order chi connectivity index (χ0) is 22.3. The average molecular weight is 422 g/mol. The van der Waals surface area contributed by atoms with E-state index < -0.39 is 6.09 Å². The van der Waals surface area contributed by atoms with E-state index in [1.807, 2.05) is 52.0 Å². The molecule has 2 N–H and O–H groups in total. The lowest BCUT2D eigenvalue weighted by Crippen LogP contribution is -2.59. The molecule has 3 heterocycles. The van der Waals surface area contributed by atoms with Crippen molar-refractivity contribution in [2.75, 3.05) is 24.5 Å². The summed E-state index contributed by atoms with van der Waals surface area (Å²) in [5.74, 6) is 0.569. The number of aryl methyl sites for hydroxylation is 1. The summed E-state index contributed by atoms with van der Waals surface area (Å²) in [5.41, 5.74) is 2.41. The standard InChI is InChI=1S/C23H27N5O3/c1-14-7-5-6-8-15(14)19(29)16-11-24-20-18(16)21(26-13-25-20)27-9-10-28(22(30)31)17(12-27)23(2,3)4/h5-8,11,13,17H,9-10,12H2,1-4H3,(H,30,31)(H,24,25,26). The molecular formula is C23H27N5O3. The number of carboxylic acid groups (broad SMARTS) is 1. The van der Waals surface area contributed by atoms with Gasteiger partial charge in [-0.1, -0.05) is 45.0 Å². The second kappa shape index (κ2) is 7.68. The van der Waals surface area contributed by atoms with Gasteiger partial charge in [0.15, 0.2) is 5.78 Å². The van der Waals surface area contributed by atoms with E-state index in [0.29, 0.717) is 47.6 Å². The first kappa shape index (κ1) is 20.8. The largest absolute Gasteiger partial charge is 0.465 e. The van der Waals surface area contributed by atoms with Crippen molar-refractivity contribution in [1.29, 1.82) is 0 Å². The lowest BCUT2D eigenvalue weighted by atomic mass is 9.84. The highest BCUT2D eigenvalue weighted by Crippen LogP contribution is 2.33. The molecule has 0 spiro atoms. The number of piperazine rings is 1. The molecule has 0 saturated carbocycles. The first-order chi connectivity index (χ1) is 14.7. The van der Waals surface area contributed by atoms with Gasteiger partial charge in [0.2, 0.25) is 0 Å². The lowest BCUT2D eigenvalue weighted by Gasteiger charge is -2.46. The molecule has 31 heavy (non-hydrogen) atoms. The van der Waals surface area contributed by atoms with Crippen LogP contribution in [0.5, 0.6) is 0 Å². The number of fused-ring (bicyclic) bond motifs is 1. The summed E-state index contributed by atoms with van der Waals surface area (Å²) < 4.78 is 0. The van der Waals surface area contributed by atoms with Crippen LogP contribution in [0.15, 0.2) is 36.8 Å². The quantitative estimate of drug-likeness (QED) is 0.625. The molecule has 1 aliphatic heterocycles. The van der Waals surface area contributed by atoms with Crippen LogP contribution in [0.3, 0.4) is 0 Å². The van der Waals surface area contributed by atoms with Gasteiger partial charge < -0.3 is 19.9 Å². The first-order valence-corrected chi connectivity index (χ1v) is 10.4. The molecule has 1 unspecified atom stereocenters. The van der Waals surface area contributed by atoms with Gasteiger partial charge in [-0.2, -0.15) is 0 Å². The second-order valence-corrected chi connectivity index (χ2v) is 9.07. The molecule has 162 valence electrons. The van der Waals surface area contributed by atoms with Crippen molar-refractivity contribution in [2.24, 2.45) is 5.41 Å². The van der Waals surface area contributed by atoms with E-state index in [4.69, 9.17) is 0 Å². The lowest BCUT2D eigenvalue weighted by molar-refractivity contribution is 0.0747. The SMILES string of the molecule is Cc1ccccc1C(=O)c1c[nH]c2ncnc(N3CCN(C(=O)O)C(C(C)(C)C)C3)c12. The van der Waals surface area contributed by atoms with Crippen molar-refractivity contribution >= 4 is 28.7 Å². The molecule has 1 aromatic carbocycles. The fourth-order valence-electron chi connectivity index (χ4n) is 4.28. The fourth-order valence-corrected chi connectivity index (χ4v) is 4.28. The molecule has 1 atom stereocenters. The highest BCUT2D eigenvalue weighted by Gasteiger charge is 2.39. The van der Waals surface area contributed by atoms with Crippen molar-refractivity contribution < 1.29 is 14.7 Å². The Balaban J connectivity index is 1.77. The molecule has 1 fully saturated rings. The third-order valence-corrected chi connectivity index (χ3v) is 6.01. The highest BCUT2D eigenvalue weighted by atomic mass is 16.4. The first-order valence-electron chi connectivity index (χ1n) is 10.4. The topological polar surface area (TPSA) is 102 Å². The van der Waals surface area contributed by atoms with Crippen molar-refractivity contribution in [3.05, 3.63) is 53.5 Å². The van der Waals surface area contributed by atoms with E-state index >= 15 is 0 Å². The fraction of sp³-hybridized carbons (Fsp3) is 0.391. The number of aromatic nitrogens is 3. The summed E-state index contributed by atoms with van der Waals surface area (Å²) in [5, 5.41) is 10.3. The van der Waals surface area contributed by atoms with Gasteiger partial charge in [-0.15, -0.1) is 0 Å². The summed E-state index contributed by atoms with van der Waals surface area (Å²) in [4.78, 5) is 40.7. The van der Waals surface area contributed by atoms with Gasteiger partial charge in [0.05, 0.1) is 17.0 Å². The number of hydrogen-bond acceptors (Lipinski definition) is 5. The van der Waals surface area contributed by atoms with Crippen LogP contribution in [-0.2, 0) is 0 Å². The third kappa shape index (κ3) is 3.73. The monoisotopic (exact) mass is 421 g/mol. The number of nitrogens with one attached hydrogen (secondary N) is 1. The van der Waals surface area contributed by atoms with Crippen LogP contribution in [0, 0.1) is 12.3 Å². The van der Waals surface area contributed by atoms with Gasteiger partial charge in [0.25, 0.3) is 0 Å². The van der Waals surface area contributed by atoms with Crippen molar-refractivity contribution in [1.82, 2.24) is 19.9 Å². The minimum absolute atomic E-state index is 0.0862. The van der Waals surface area contributed by atoms with Crippen LogP contribution in [-0.4, -0.2) is 62.5 Å². The molecule has 4 rings (SSSR count). The minimum atomic E-state index is -0.913. The zero-order valence-electron chi connectivity index (χ0n) is 18.2. The number of rotatable bonds is 3. The molecule has 8 nitrogen and oxygen atoms in total. The molecule has 8 heteroatoms. The molecule has 3 aromatic rings. The van der Waals surface area contributed by atoms with Crippen LogP contribution in [0.4, 0.5) is 10.6 Å². The minimum Gasteiger partial charge on any atom is -0.465 e. The van der Waals surface area contributed by atoms with Gasteiger partial charge in [-0.3, -0.25) is 4.79 Å². The Morgan fingerprint density at radius 2 is 1.87 bits per heavy atom. The number of hydrogen-bond donors (Lipinski definition) is 2. The Morgan fingerprint density at radius 1 is 1.13 bits per heavy atom. The number of benzene rings is 1. The summed E-state index contributed by atoms with van der Waals surface area (Å²) in [6.07, 6.45) is 2.25. The van der Waals surface area contributed by atoms with Crippen molar-refractivity contribution in [2.45, 2.75) is 33.7 Å². The Labute approximate surface area is 180 Å². The molecule has 2 aromatic heterocycles. The molecule has 1 saturated heterocycles. The number of carbonyl (C=O) groups is 2. The summed E-state index contributed by atoms with van der Waals surface area (Å²) in [7, 11) is 0. The summed E-state index contributed by atoms with van der Waals surface area (Å²) in [6, 6.07) is 7.29. The van der Waals surface area contributed by atoms with Gasteiger partial charge in [0.1, 0.15) is 17.8 Å². The highest BCUT2D eigenvalue weighted by molar-refractivity contribution is 6.18. The van der Waals surface area contributed by atoms with E-state index in [1.54, 1.807) is 6.20 Å². The van der Waals surface area contributed by atoms with Crippen LogP contribution < -0.4 is 4.90 Å². The van der Waals surface area contributed by atoms with Crippen LogP contribution >= 0.6 is 0 Å². The van der Waals surface area contributed by atoms with Crippen LogP contribution in [0.1, 0.15) is 42.3 Å². The Hall–Kier alpha value is -3.42. The number of carbonyl (C=O) groups excluding carboxylic acids is 1. The smallest absolute Gasteiger partial charge is 0.407 e. The molecule has 0 aliphatic carbocycles. The zero-order valence-corrected chi connectivity index (χ0v) is 18.2. The van der Waals surface area contributed by atoms with Crippen molar-refractivity contribution in [3.63, 3.8) is 0 Å². The summed E-state index contributed by atoms with van der Waals surface area (Å²) in [6.45, 7) is 9.38. The molecular weight excluding hydrogens is 394 g/mol. The second-order valence-electron chi connectivity index (χ2n) is 9.07. The Bertz CT molecular complexity index is 1150. The van der Waals surface area contributed by atoms with E-state index in [-0.39, 0.29) is 17.2 Å². The molecule has 1 aliphatic rings. The maximum Gasteiger partial charge on any atom is 0.407 e. The van der Waals surface area contributed by atoms with Gasteiger partial charge in [0, 0.05) is 31.4 Å². The maximum absolute atomic E-state index is 13.4. The Kier molecular flexibility index (Phi) is 5.16. The summed E-state index contributed by atoms with van der Waals surface area (Å²) >= 11 is 0. The Morgan fingerprint density at radius 3 is 2.55 bits per heavy atom. The van der Waals surface area contributed by atoms with E-state index in [2.05, 4.69) is 19.9 Å². The normalized spacial score (nSPS) is 17.2. The van der Waals surface area contributed by atoms with Gasteiger partial charge in [-0.25, -0.2) is 14.8 Å². The molecule has 0 bridgehead atoms. The van der Waals surface area contributed by atoms with Gasteiger partial charge >= 0.3 is 6.09 Å². The van der Waals surface area contributed by atoms with Crippen LogP contribution in [0.2, 0.25) is 0 Å². The van der Waals surface area contributed by atoms with Crippen molar-refractivity contribution in [3.8, 4) is 0 Å². The predicted octanol–water partition coefficient (Wildman–Crippen LogP) is 3.71. The molecule has 1 amide bonds. The number of amides is 1. The number of nitrogens with zero attached hydrogens (tertiary/aromatic N) is 4. The number of anilines is 1. The van der Waals surface area contributed by atoms with E-state index in [1.165, 1.54) is 11.2 Å². The number of aromatic amines is 1. The third-order valence-electron chi connectivity index (χ3n) is 6.01.